The second-order valence-corrected chi connectivity index (χ2v) is 7.41. The Morgan fingerprint density at radius 2 is 1.91 bits per heavy atom. The van der Waals surface area contributed by atoms with Crippen LogP contribution in [0.2, 0.25) is 5.02 Å². The highest BCUT2D eigenvalue weighted by molar-refractivity contribution is 7.91. The molecule has 0 saturated carbocycles. The summed E-state index contributed by atoms with van der Waals surface area (Å²) in [6.45, 7) is 1.56. The van der Waals surface area contributed by atoms with Crippen molar-refractivity contribution in [3.8, 4) is 0 Å². The summed E-state index contributed by atoms with van der Waals surface area (Å²) in [7, 11) is -3.89. The average Bonchev–Trinajstić information content (AvgIpc) is 2.90. The van der Waals surface area contributed by atoms with Crippen LogP contribution in [-0.4, -0.2) is 18.3 Å². The molecule has 2 aromatic carbocycles. The number of aromatic amines is 1. The van der Waals surface area contributed by atoms with E-state index in [0.717, 1.165) is 6.07 Å². The molecule has 0 unspecified atom stereocenters. The van der Waals surface area contributed by atoms with Gasteiger partial charge in [0.05, 0.1) is 14.7 Å². The van der Waals surface area contributed by atoms with Gasteiger partial charge in [0, 0.05) is 33.8 Å². The number of aryl methyl sites for hydroxylation is 1. The van der Waals surface area contributed by atoms with Gasteiger partial charge in [-0.25, -0.2) is 8.42 Å². The maximum atomic E-state index is 12.8. The van der Waals surface area contributed by atoms with E-state index in [0.29, 0.717) is 21.5 Å². The third kappa shape index (κ3) is 2.58. The third-order valence-electron chi connectivity index (χ3n) is 3.58. The number of fused-ring (bicyclic) bond motifs is 1. The lowest BCUT2D eigenvalue weighted by Gasteiger charge is -2.05. The molecule has 0 saturated heterocycles. The highest BCUT2D eigenvalue weighted by Crippen LogP contribution is 2.31. The molecular formula is C15H11ClN2O4S. The van der Waals surface area contributed by atoms with Gasteiger partial charge in [-0.15, -0.1) is 0 Å². The van der Waals surface area contributed by atoms with Crippen LogP contribution in [0.3, 0.4) is 0 Å². The molecule has 8 heteroatoms. The van der Waals surface area contributed by atoms with Crippen LogP contribution in [0.25, 0.3) is 10.9 Å². The molecule has 6 nitrogen and oxygen atoms in total. The van der Waals surface area contributed by atoms with Crippen molar-refractivity contribution in [3.63, 3.8) is 0 Å². The van der Waals surface area contributed by atoms with E-state index in [1.165, 1.54) is 18.3 Å². The number of hydrogen-bond donors (Lipinski definition) is 1. The van der Waals surface area contributed by atoms with Crippen LogP contribution < -0.4 is 0 Å². The first-order valence-corrected chi connectivity index (χ1v) is 8.43. The van der Waals surface area contributed by atoms with Crippen LogP contribution in [0.5, 0.6) is 0 Å². The molecule has 3 aromatic rings. The molecule has 118 valence electrons. The van der Waals surface area contributed by atoms with Crippen molar-refractivity contribution in [3.05, 3.63) is 63.3 Å². The molecule has 0 fully saturated rings. The highest BCUT2D eigenvalue weighted by Gasteiger charge is 2.24. The van der Waals surface area contributed by atoms with E-state index in [-0.39, 0.29) is 15.5 Å². The molecule has 0 amide bonds. The fraction of sp³-hybridized carbons (Fsp3) is 0.0667. The Hall–Kier alpha value is -2.38. The number of halogens is 1. The highest BCUT2D eigenvalue weighted by atomic mass is 35.5. The average molecular weight is 351 g/mol. The topological polar surface area (TPSA) is 93.1 Å². The van der Waals surface area contributed by atoms with E-state index < -0.39 is 14.8 Å². The monoisotopic (exact) mass is 350 g/mol. The molecule has 0 aliphatic rings. The zero-order valence-corrected chi connectivity index (χ0v) is 13.5. The molecular weight excluding hydrogens is 340 g/mol. The van der Waals surface area contributed by atoms with Crippen molar-refractivity contribution in [2.75, 3.05) is 0 Å². The summed E-state index contributed by atoms with van der Waals surface area (Å²) in [6, 6.07) is 8.69. The van der Waals surface area contributed by atoms with Crippen LogP contribution in [0.1, 0.15) is 5.56 Å². The summed E-state index contributed by atoms with van der Waals surface area (Å²) in [5.74, 6) is 0. The SMILES string of the molecule is Cc1ccc(S(=O)(=O)c2c[nH]c3cc(Cl)ccc23)cc1[N+](=O)[O-]. The van der Waals surface area contributed by atoms with Gasteiger partial charge in [-0.05, 0) is 25.1 Å². The van der Waals surface area contributed by atoms with Gasteiger partial charge < -0.3 is 4.98 Å². The zero-order valence-electron chi connectivity index (χ0n) is 11.9. The molecule has 0 radical (unpaired) electrons. The van der Waals surface area contributed by atoms with Gasteiger partial charge in [0.15, 0.2) is 0 Å². The number of hydrogen-bond acceptors (Lipinski definition) is 4. The van der Waals surface area contributed by atoms with Gasteiger partial charge in [0.2, 0.25) is 9.84 Å². The molecule has 1 N–H and O–H groups in total. The summed E-state index contributed by atoms with van der Waals surface area (Å²) < 4.78 is 25.6. The van der Waals surface area contributed by atoms with Crippen molar-refractivity contribution in [2.24, 2.45) is 0 Å². The standard InChI is InChI=1S/C15H11ClN2O4S/c1-9-2-4-11(7-14(9)18(19)20)23(21,22)15-8-17-13-6-10(16)3-5-12(13)15/h2-8,17H,1H3. The number of nitrogens with zero attached hydrogens (tertiary/aromatic N) is 1. The summed E-state index contributed by atoms with van der Waals surface area (Å²) in [5.41, 5.74) is 0.756. The van der Waals surface area contributed by atoms with Crippen LogP contribution in [0.15, 0.2) is 52.4 Å². The quantitative estimate of drug-likeness (QED) is 0.573. The summed E-state index contributed by atoms with van der Waals surface area (Å²) in [5, 5.41) is 12.0. The minimum atomic E-state index is -3.89. The third-order valence-corrected chi connectivity index (χ3v) is 5.61. The summed E-state index contributed by atoms with van der Waals surface area (Å²) in [6.07, 6.45) is 1.36. The Bertz CT molecular complexity index is 1040. The Morgan fingerprint density at radius 1 is 1.17 bits per heavy atom. The second-order valence-electron chi connectivity index (χ2n) is 5.05. The van der Waals surface area contributed by atoms with Gasteiger partial charge in [0.25, 0.3) is 5.69 Å². The van der Waals surface area contributed by atoms with Crippen LogP contribution in [0, 0.1) is 17.0 Å². The van der Waals surface area contributed by atoms with Gasteiger partial charge in [-0.3, -0.25) is 10.1 Å². The first-order chi connectivity index (χ1) is 10.8. The van der Waals surface area contributed by atoms with Crippen LogP contribution in [0.4, 0.5) is 5.69 Å². The molecule has 0 aliphatic heterocycles. The fourth-order valence-electron chi connectivity index (χ4n) is 2.37. The van der Waals surface area contributed by atoms with Crippen LogP contribution >= 0.6 is 11.6 Å². The molecule has 3 rings (SSSR count). The number of aromatic nitrogens is 1. The van der Waals surface area contributed by atoms with E-state index >= 15 is 0 Å². The van der Waals surface area contributed by atoms with E-state index in [2.05, 4.69) is 4.98 Å². The maximum Gasteiger partial charge on any atom is 0.273 e. The predicted molar refractivity (Wildman–Crippen MR) is 86.6 cm³/mol. The Morgan fingerprint density at radius 3 is 2.61 bits per heavy atom. The van der Waals surface area contributed by atoms with E-state index in [1.807, 2.05) is 0 Å². The van der Waals surface area contributed by atoms with Crippen molar-refractivity contribution in [1.82, 2.24) is 4.98 Å². The Kier molecular flexibility index (Phi) is 3.62. The maximum absolute atomic E-state index is 12.8. The largest absolute Gasteiger partial charge is 0.360 e. The first kappa shape index (κ1) is 15.5. The Labute approximate surface area is 136 Å². The van der Waals surface area contributed by atoms with Gasteiger partial charge in [0.1, 0.15) is 0 Å². The number of benzene rings is 2. The lowest BCUT2D eigenvalue weighted by molar-refractivity contribution is -0.385. The smallest absolute Gasteiger partial charge is 0.273 e. The molecule has 0 bridgehead atoms. The molecule has 0 spiro atoms. The predicted octanol–water partition coefficient (Wildman–Crippen LogP) is 3.87. The minimum Gasteiger partial charge on any atom is -0.360 e. The molecule has 1 aromatic heterocycles. The number of nitrogens with one attached hydrogen (secondary N) is 1. The zero-order chi connectivity index (χ0) is 16.8. The van der Waals surface area contributed by atoms with Crippen molar-refractivity contribution >= 4 is 38.0 Å². The Balaban J connectivity index is 2.22. The first-order valence-electron chi connectivity index (χ1n) is 6.57. The van der Waals surface area contributed by atoms with Crippen molar-refractivity contribution in [1.29, 1.82) is 0 Å². The number of H-pyrrole nitrogens is 1. The number of sulfone groups is 1. The molecule has 0 aliphatic carbocycles. The minimum absolute atomic E-state index is 0.0577. The summed E-state index contributed by atoms with van der Waals surface area (Å²) >= 11 is 5.89. The molecule has 1 heterocycles. The van der Waals surface area contributed by atoms with E-state index in [1.54, 1.807) is 25.1 Å². The number of rotatable bonds is 3. The second kappa shape index (κ2) is 5.36. The van der Waals surface area contributed by atoms with E-state index in [9.17, 15) is 18.5 Å². The van der Waals surface area contributed by atoms with Gasteiger partial charge in [-0.1, -0.05) is 23.7 Å². The van der Waals surface area contributed by atoms with Gasteiger partial charge >= 0.3 is 0 Å². The number of nitro benzene ring substituents is 1. The fourth-order valence-corrected chi connectivity index (χ4v) is 4.00. The number of nitro groups is 1. The normalized spacial score (nSPS) is 11.7. The molecule has 23 heavy (non-hydrogen) atoms. The van der Waals surface area contributed by atoms with Gasteiger partial charge in [-0.2, -0.15) is 0 Å². The lowest BCUT2D eigenvalue weighted by atomic mass is 10.2. The van der Waals surface area contributed by atoms with E-state index in [4.69, 9.17) is 11.6 Å². The lowest BCUT2D eigenvalue weighted by Crippen LogP contribution is -2.03. The van der Waals surface area contributed by atoms with Crippen molar-refractivity contribution < 1.29 is 13.3 Å². The van der Waals surface area contributed by atoms with Crippen LogP contribution in [-0.2, 0) is 9.84 Å². The van der Waals surface area contributed by atoms with Crippen molar-refractivity contribution in [2.45, 2.75) is 16.7 Å². The molecule has 0 atom stereocenters. The summed E-state index contributed by atoms with van der Waals surface area (Å²) in [4.78, 5) is 13.2.